The lowest BCUT2D eigenvalue weighted by Gasteiger charge is -2.06. The summed E-state index contributed by atoms with van der Waals surface area (Å²) in [6.45, 7) is 0. The third-order valence-corrected chi connectivity index (χ3v) is 2.79. The Labute approximate surface area is 104 Å². The van der Waals surface area contributed by atoms with Gasteiger partial charge >= 0.3 is 0 Å². The maximum atomic E-state index is 12.3. The third kappa shape index (κ3) is 1.29. The van der Waals surface area contributed by atoms with Crippen molar-refractivity contribution in [1.82, 2.24) is 39.4 Å². The molecule has 4 heterocycles. The van der Waals surface area contributed by atoms with Crippen LogP contribution in [0.5, 0.6) is 0 Å². The number of pyridine rings is 1. The van der Waals surface area contributed by atoms with E-state index in [1.165, 1.54) is 22.0 Å². The molecule has 9 nitrogen and oxygen atoms in total. The molecule has 0 unspecified atom stereocenters. The Morgan fingerprint density at radius 3 is 2.74 bits per heavy atom. The molecule has 4 aromatic rings. The second kappa shape index (κ2) is 3.45. The molecule has 0 amide bonds. The molecule has 0 aliphatic carbocycles. The van der Waals surface area contributed by atoms with Crippen LogP contribution in [-0.4, -0.2) is 39.4 Å². The molecule has 0 aliphatic rings. The molecular formula is C10H6N8O. The van der Waals surface area contributed by atoms with Crippen LogP contribution in [0.4, 0.5) is 0 Å². The lowest BCUT2D eigenvalue weighted by atomic mass is 10.4. The molecule has 0 atom stereocenters. The van der Waals surface area contributed by atoms with Crippen LogP contribution < -0.4 is 5.56 Å². The molecule has 0 radical (unpaired) electrons. The molecule has 19 heavy (non-hydrogen) atoms. The van der Waals surface area contributed by atoms with E-state index in [2.05, 4.69) is 25.5 Å². The van der Waals surface area contributed by atoms with Gasteiger partial charge in [-0.05, 0) is 6.07 Å². The van der Waals surface area contributed by atoms with E-state index >= 15 is 0 Å². The van der Waals surface area contributed by atoms with Gasteiger partial charge in [-0.2, -0.15) is 5.10 Å². The average molecular weight is 254 g/mol. The lowest BCUT2D eigenvalue weighted by Crippen LogP contribution is -2.26. The second-order valence-corrected chi connectivity index (χ2v) is 3.84. The van der Waals surface area contributed by atoms with E-state index in [0.717, 1.165) is 0 Å². The molecule has 0 aliphatic heterocycles. The molecule has 0 aromatic carbocycles. The van der Waals surface area contributed by atoms with Crippen molar-refractivity contribution in [3.05, 3.63) is 47.5 Å². The van der Waals surface area contributed by atoms with Gasteiger partial charge in [0.15, 0.2) is 11.2 Å². The van der Waals surface area contributed by atoms with Crippen molar-refractivity contribution in [3.8, 4) is 0 Å². The lowest BCUT2D eigenvalue weighted by molar-refractivity contribution is 0.630. The Kier molecular flexibility index (Phi) is 1.79. The summed E-state index contributed by atoms with van der Waals surface area (Å²) in [6.07, 6.45) is 6.06. The largest absolute Gasteiger partial charge is 0.299 e. The quantitative estimate of drug-likeness (QED) is 0.447. The number of hydrogen-bond acceptors (Lipinski definition) is 6. The zero-order valence-electron chi connectivity index (χ0n) is 9.45. The van der Waals surface area contributed by atoms with E-state index in [1.54, 1.807) is 29.0 Å². The molecule has 0 bridgehead atoms. The summed E-state index contributed by atoms with van der Waals surface area (Å²) >= 11 is 0. The van der Waals surface area contributed by atoms with Crippen molar-refractivity contribution in [3.63, 3.8) is 0 Å². The minimum absolute atomic E-state index is 0.229. The first-order valence-corrected chi connectivity index (χ1v) is 5.42. The second-order valence-electron chi connectivity index (χ2n) is 3.84. The fourth-order valence-electron chi connectivity index (χ4n) is 1.92. The van der Waals surface area contributed by atoms with Gasteiger partial charge in [0.1, 0.15) is 18.2 Å². The zero-order chi connectivity index (χ0) is 12.8. The predicted molar refractivity (Wildman–Crippen MR) is 63.4 cm³/mol. The van der Waals surface area contributed by atoms with Crippen LogP contribution in [0.25, 0.3) is 16.7 Å². The molecule has 0 fully saturated rings. The van der Waals surface area contributed by atoms with Crippen molar-refractivity contribution < 1.29 is 0 Å². The highest BCUT2D eigenvalue weighted by atomic mass is 16.1. The van der Waals surface area contributed by atoms with Crippen LogP contribution in [0.1, 0.15) is 0 Å². The molecule has 0 saturated carbocycles. The Hall–Kier alpha value is -3.10. The van der Waals surface area contributed by atoms with E-state index < -0.39 is 0 Å². The van der Waals surface area contributed by atoms with Crippen molar-refractivity contribution in [2.24, 2.45) is 0 Å². The summed E-state index contributed by atoms with van der Waals surface area (Å²) in [5.41, 5.74) is 1.10. The first-order valence-electron chi connectivity index (χ1n) is 5.42. The van der Waals surface area contributed by atoms with Gasteiger partial charge in [0.05, 0.1) is 6.20 Å². The summed E-state index contributed by atoms with van der Waals surface area (Å²) in [7, 11) is 0. The Balaban J connectivity index is 2.14. The molecule has 0 saturated heterocycles. The van der Waals surface area contributed by atoms with Gasteiger partial charge < -0.3 is 0 Å². The topological polar surface area (TPSA) is 95.8 Å². The van der Waals surface area contributed by atoms with Crippen molar-refractivity contribution >= 4 is 16.7 Å². The number of rotatable bonds is 1. The van der Waals surface area contributed by atoms with Crippen LogP contribution in [-0.2, 0) is 0 Å². The highest BCUT2D eigenvalue weighted by Crippen LogP contribution is 2.07. The number of fused-ring (bicyclic) bond motifs is 3. The first-order chi connectivity index (χ1) is 9.34. The highest BCUT2D eigenvalue weighted by molar-refractivity contribution is 5.74. The minimum atomic E-state index is -0.317. The van der Waals surface area contributed by atoms with Crippen LogP contribution >= 0.6 is 0 Å². The van der Waals surface area contributed by atoms with Crippen LogP contribution in [0.3, 0.4) is 0 Å². The third-order valence-electron chi connectivity index (χ3n) is 2.79. The fourth-order valence-corrected chi connectivity index (χ4v) is 1.92. The minimum Gasteiger partial charge on any atom is -0.265 e. The maximum absolute atomic E-state index is 12.3. The average Bonchev–Trinajstić information content (AvgIpc) is 3.10. The smallest absolute Gasteiger partial charge is 0.265 e. The Bertz CT molecular complexity index is 935. The van der Waals surface area contributed by atoms with Crippen LogP contribution in [0.15, 0.2) is 42.0 Å². The molecule has 0 spiro atoms. The fraction of sp³-hybridized carbons (Fsp3) is 0. The van der Waals surface area contributed by atoms with E-state index in [1.807, 2.05) is 0 Å². The Morgan fingerprint density at radius 2 is 1.89 bits per heavy atom. The van der Waals surface area contributed by atoms with E-state index in [0.29, 0.717) is 11.2 Å². The first kappa shape index (κ1) is 9.88. The summed E-state index contributed by atoms with van der Waals surface area (Å²) in [4.78, 5) is 12.3. The van der Waals surface area contributed by atoms with Gasteiger partial charge in [0.2, 0.25) is 0 Å². The SMILES string of the molecule is O=c1c2nnc3ccnn3c2ccn1-n1cnnc1. The van der Waals surface area contributed by atoms with Gasteiger partial charge in [-0.25, -0.2) is 13.9 Å². The van der Waals surface area contributed by atoms with Crippen molar-refractivity contribution in [2.45, 2.75) is 0 Å². The molecule has 4 rings (SSSR count). The van der Waals surface area contributed by atoms with E-state index in [4.69, 9.17) is 0 Å². The van der Waals surface area contributed by atoms with Gasteiger partial charge in [-0.1, -0.05) is 0 Å². The van der Waals surface area contributed by atoms with Crippen LogP contribution in [0.2, 0.25) is 0 Å². The standard InChI is InChI=1S/C10H6N8O/c19-10-9-7(18-8(14-15-9)1-3-13-18)2-4-17(10)16-5-11-12-6-16/h1-6H. The van der Waals surface area contributed by atoms with Gasteiger partial charge in [0.25, 0.3) is 5.56 Å². The summed E-state index contributed by atoms with van der Waals surface area (Å²) < 4.78 is 4.36. The van der Waals surface area contributed by atoms with Gasteiger partial charge in [-0.15, -0.1) is 20.4 Å². The van der Waals surface area contributed by atoms with Crippen molar-refractivity contribution in [2.75, 3.05) is 0 Å². The summed E-state index contributed by atoms with van der Waals surface area (Å²) in [5.74, 6) is 0. The Morgan fingerprint density at radius 1 is 1.05 bits per heavy atom. The number of aromatic nitrogens is 8. The number of hydrogen-bond donors (Lipinski definition) is 0. The molecule has 4 aromatic heterocycles. The van der Waals surface area contributed by atoms with Gasteiger partial charge in [-0.3, -0.25) is 4.79 Å². The van der Waals surface area contributed by atoms with Crippen molar-refractivity contribution in [1.29, 1.82) is 0 Å². The number of nitrogens with zero attached hydrogens (tertiary/aromatic N) is 8. The molecule has 0 N–H and O–H groups in total. The zero-order valence-corrected chi connectivity index (χ0v) is 9.45. The monoisotopic (exact) mass is 254 g/mol. The molecule has 92 valence electrons. The highest BCUT2D eigenvalue weighted by Gasteiger charge is 2.10. The summed E-state index contributed by atoms with van der Waals surface area (Å²) in [5, 5.41) is 19.3. The molecular weight excluding hydrogens is 248 g/mol. The van der Waals surface area contributed by atoms with E-state index in [-0.39, 0.29) is 11.1 Å². The normalized spacial score (nSPS) is 11.4. The van der Waals surface area contributed by atoms with Gasteiger partial charge in [0, 0.05) is 12.3 Å². The predicted octanol–water partition coefficient (Wildman–Crippen LogP) is -0.658. The maximum Gasteiger partial charge on any atom is 0.299 e. The summed E-state index contributed by atoms with van der Waals surface area (Å²) in [6, 6.07) is 3.46. The molecule has 9 heteroatoms. The van der Waals surface area contributed by atoms with Crippen LogP contribution in [0, 0.1) is 0 Å². The van der Waals surface area contributed by atoms with E-state index in [9.17, 15) is 4.79 Å².